The maximum Gasteiger partial charge on any atom is 0.200 e. The third-order valence-electron chi connectivity index (χ3n) is 2.90. The molecule has 0 aromatic heterocycles. The van der Waals surface area contributed by atoms with Gasteiger partial charge in [-0.05, 0) is 37.6 Å². The van der Waals surface area contributed by atoms with Gasteiger partial charge in [0.15, 0.2) is 12.4 Å². The third-order valence-corrected chi connectivity index (χ3v) is 3.36. The van der Waals surface area contributed by atoms with Crippen molar-refractivity contribution >= 4 is 21.7 Å². The van der Waals surface area contributed by atoms with Gasteiger partial charge in [0.05, 0.1) is 0 Å². The molecule has 0 radical (unpaired) electrons. The first kappa shape index (κ1) is 14.7. The summed E-state index contributed by atoms with van der Waals surface area (Å²) in [7, 11) is 0. The zero-order valence-corrected chi connectivity index (χ0v) is 12.8. The van der Waals surface area contributed by atoms with Gasteiger partial charge in [0.25, 0.3) is 0 Å². The molecule has 0 aliphatic rings. The Balaban J connectivity index is 2.10. The molecule has 2 nitrogen and oxygen atoms in total. The van der Waals surface area contributed by atoms with Gasteiger partial charge < -0.3 is 4.74 Å². The second kappa shape index (κ2) is 6.18. The number of ketones is 1. The number of carbonyl (C=O) groups is 1. The number of hydrogen-bond acceptors (Lipinski definition) is 2. The minimum Gasteiger partial charge on any atom is -0.485 e. The summed E-state index contributed by atoms with van der Waals surface area (Å²) in [6.07, 6.45) is 0. The van der Waals surface area contributed by atoms with Gasteiger partial charge in [-0.2, -0.15) is 0 Å². The van der Waals surface area contributed by atoms with Crippen LogP contribution in [0, 0.1) is 19.7 Å². The van der Waals surface area contributed by atoms with Crippen LogP contribution in [0.2, 0.25) is 0 Å². The van der Waals surface area contributed by atoms with Crippen LogP contribution in [-0.2, 0) is 0 Å². The van der Waals surface area contributed by atoms with Crippen LogP contribution in [0.4, 0.5) is 4.39 Å². The fraction of sp³-hybridized carbons (Fsp3) is 0.188. The first-order chi connectivity index (χ1) is 9.45. The average Bonchev–Trinajstić information content (AvgIpc) is 2.38. The second-order valence-corrected chi connectivity index (χ2v) is 5.55. The van der Waals surface area contributed by atoms with E-state index in [1.807, 2.05) is 32.0 Å². The third kappa shape index (κ3) is 3.67. The lowest BCUT2D eigenvalue weighted by Crippen LogP contribution is -2.13. The van der Waals surface area contributed by atoms with Crippen molar-refractivity contribution in [2.45, 2.75) is 13.8 Å². The molecule has 2 rings (SSSR count). The number of rotatable bonds is 4. The first-order valence-electron chi connectivity index (χ1n) is 6.15. The van der Waals surface area contributed by atoms with Crippen LogP contribution in [0.3, 0.4) is 0 Å². The molecule has 2 aromatic carbocycles. The Kier molecular flexibility index (Phi) is 4.55. The molecule has 0 spiro atoms. The highest BCUT2D eigenvalue weighted by Crippen LogP contribution is 2.21. The molecule has 0 aliphatic carbocycles. The molecule has 0 fully saturated rings. The van der Waals surface area contributed by atoms with E-state index in [0.29, 0.717) is 15.8 Å². The first-order valence-corrected chi connectivity index (χ1v) is 6.94. The summed E-state index contributed by atoms with van der Waals surface area (Å²) < 4.78 is 19.1. The minimum atomic E-state index is -0.409. The summed E-state index contributed by atoms with van der Waals surface area (Å²) in [5.74, 6) is -0.198. The van der Waals surface area contributed by atoms with Crippen molar-refractivity contribution in [2.75, 3.05) is 6.61 Å². The number of carbonyl (C=O) groups excluding carboxylic acids is 1. The number of hydrogen-bond donors (Lipinski definition) is 0. The van der Waals surface area contributed by atoms with Crippen LogP contribution in [-0.4, -0.2) is 12.4 Å². The zero-order chi connectivity index (χ0) is 14.7. The van der Waals surface area contributed by atoms with Gasteiger partial charge >= 0.3 is 0 Å². The predicted octanol–water partition coefficient (Wildman–Crippen LogP) is 4.47. The fourth-order valence-corrected chi connectivity index (χ4v) is 2.32. The van der Waals surface area contributed by atoms with E-state index in [2.05, 4.69) is 15.9 Å². The van der Waals surface area contributed by atoms with Crippen molar-refractivity contribution in [3.63, 3.8) is 0 Å². The van der Waals surface area contributed by atoms with E-state index in [1.54, 1.807) is 6.07 Å². The van der Waals surface area contributed by atoms with E-state index in [0.717, 1.165) is 11.1 Å². The van der Waals surface area contributed by atoms with Crippen molar-refractivity contribution in [1.82, 2.24) is 0 Å². The topological polar surface area (TPSA) is 26.3 Å². The quantitative estimate of drug-likeness (QED) is 0.770. The predicted molar refractivity (Wildman–Crippen MR) is 79.8 cm³/mol. The summed E-state index contributed by atoms with van der Waals surface area (Å²) in [5.41, 5.74) is 2.57. The average molecular weight is 337 g/mol. The van der Waals surface area contributed by atoms with Gasteiger partial charge in [-0.25, -0.2) is 4.39 Å². The van der Waals surface area contributed by atoms with Crippen molar-refractivity contribution < 1.29 is 13.9 Å². The SMILES string of the molecule is Cc1ccc(C)c(C(=O)COc2cc(F)cc(Br)c2)c1. The van der Waals surface area contributed by atoms with E-state index in [-0.39, 0.29) is 12.4 Å². The van der Waals surface area contributed by atoms with Crippen LogP contribution in [0.25, 0.3) is 0 Å². The van der Waals surface area contributed by atoms with Gasteiger partial charge in [0, 0.05) is 16.1 Å². The molecule has 0 atom stereocenters. The van der Waals surface area contributed by atoms with Crippen LogP contribution in [0.15, 0.2) is 40.9 Å². The zero-order valence-electron chi connectivity index (χ0n) is 11.2. The molecular weight excluding hydrogens is 323 g/mol. The Bertz CT molecular complexity index is 633. The number of aryl methyl sites for hydroxylation is 2. The molecular formula is C16H14BrFO2. The van der Waals surface area contributed by atoms with E-state index in [1.165, 1.54) is 12.1 Å². The molecule has 0 bridgehead atoms. The summed E-state index contributed by atoms with van der Waals surface area (Å²) >= 11 is 3.18. The summed E-state index contributed by atoms with van der Waals surface area (Å²) in [5, 5.41) is 0. The molecule has 4 heteroatoms. The highest BCUT2D eigenvalue weighted by Gasteiger charge is 2.11. The van der Waals surface area contributed by atoms with Gasteiger partial charge in [-0.15, -0.1) is 0 Å². The highest BCUT2D eigenvalue weighted by atomic mass is 79.9. The molecule has 0 amide bonds. The van der Waals surface area contributed by atoms with Crippen LogP contribution in [0.5, 0.6) is 5.75 Å². The van der Waals surface area contributed by atoms with Gasteiger partial charge in [-0.3, -0.25) is 4.79 Å². The number of benzene rings is 2. The van der Waals surface area contributed by atoms with Crippen molar-refractivity contribution in [2.24, 2.45) is 0 Å². The molecule has 0 aliphatic heterocycles. The molecule has 104 valence electrons. The number of Topliss-reactive ketones (excluding diaryl/α,β-unsaturated/α-hetero) is 1. The lowest BCUT2D eigenvalue weighted by Gasteiger charge is -2.09. The van der Waals surface area contributed by atoms with E-state index < -0.39 is 5.82 Å². The highest BCUT2D eigenvalue weighted by molar-refractivity contribution is 9.10. The summed E-state index contributed by atoms with van der Waals surface area (Å²) in [6.45, 7) is 3.70. The smallest absolute Gasteiger partial charge is 0.200 e. The van der Waals surface area contributed by atoms with Crippen molar-refractivity contribution in [3.05, 3.63) is 63.4 Å². The van der Waals surface area contributed by atoms with Gasteiger partial charge in [0.1, 0.15) is 11.6 Å². The van der Waals surface area contributed by atoms with Crippen LogP contribution in [0.1, 0.15) is 21.5 Å². The van der Waals surface area contributed by atoms with E-state index in [4.69, 9.17) is 4.74 Å². The fourth-order valence-electron chi connectivity index (χ4n) is 1.87. The Labute approximate surface area is 125 Å². The Morgan fingerprint density at radius 1 is 1.20 bits per heavy atom. The summed E-state index contributed by atoms with van der Waals surface area (Å²) in [4.78, 5) is 12.1. The van der Waals surface area contributed by atoms with Crippen molar-refractivity contribution in [1.29, 1.82) is 0 Å². The largest absolute Gasteiger partial charge is 0.485 e. The van der Waals surface area contributed by atoms with Crippen molar-refractivity contribution in [3.8, 4) is 5.75 Å². The molecule has 20 heavy (non-hydrogen) atoms. The Morgan fingerprint density at radius 2 is 1.95 bits per heavy atom. The Morgan fingerprint density at radius 3 is 2.65 bits per heavy atom. The van der Waals surface area contributed by atoms with E-state index >= 15 is 0 Å². The van der Waals surface area contributed by atoms with E-state index in [9.17, 15) is 9.18 Å². The molecule has 0 saturated heterocycles. The minimum absolute atomic E-state index is 0.111. The number of ether oxygens (including phenoxy) is 1. The molecule has 0 saturated carbocycles. The van der Waals surface area contributed by atoms with Gasteiger partial charge in [-0.1, -0.05) is 33.6 Å². The maximum absolute atomic E-state index is 13.2. The monoisotopic (exact) mass is 336 g/mol. The summed E-state index contributed by atoms with van der Waals surface area (Å²) in [6, 6.07) is 9.90. The second-order valence-electron chi connectivity index (χ2n) is 4.64. The number of halogens is 2. The maximum atomic E-state index is 13.2. The lowest BCUT2D eigenvalue weighted by atomic mass is 10.0. The normalized spacial score (nSPS) is 10.4. The molecule has 0 heterocycles. The van der Waals surface area contributed by atoms with Crippen LogP contribution >= 0.6 is 15.9 Å². The van der Waals surface area contributed by atoms with Crippen LogP contribution < -0.4 is 4.74 Å². The lowest BCUT2D eigenvalue weighted by molar-refractivity contribution is 0.0920. The molecule has 0 unspecified atom stereocenters. The Hall–Kier alpha value is -1.68. The van der Waals surface area contributed by atoms with Gasteiger partial charge in [0.2, 0.25) is 0 Å². The molecule has 2 aromatic rings. The standard InChI is InChI=1S/C16H14BrFO2/c1-10-3-4-11(2)15(5-10)16(19)9-20-14-7-12(17)6-13(18)8-14/h3-8H,9H2,1-2H3. The molecule has 0 N–H and O–H groups in total.